The van der Waals surface area contributed by atoms with Gasteiger partial charge >= 0.3 is 0 Å². The van der Waals surface area contributed by atoms with Gasteiger partial charge in [0.05, 0.1) is 6.61 Å². The van der Waals surface area contributed by atoms with Crippen molar-refractivity contribution in [2.24, 2.45) is 0 Å². The summed E-state index contributed by atoms with van der Waals surface area (Å²) in [6.45, 7) is 3.16. The third-order valence-corrected chi connectivity index (χ3v) is 4.71. The van der Waals surface area contributed by atoms with Crippen molar-refractivity contribution in [2.45, 2.75) is 32.6 Å². The van der Waals surface area contributed by atoms with Crippen molar-refractivity contribution in [2.75, 3.05) is 23.4 Å². The van der Waals surface area contributed by atoms with E-state index in [0.717, 1.165) is 35.7 Å². The number of carbonyl (C=O) groups excluding carboxylic acids is 2. The second-order valence-electron chi connectivity index (χ2n) is 6.61. The first-order valence-corrected chi connectivity index (χ1v) is 9.50. The summed E-state index contributed by atoms with van der Waals surface area (Å²) < 4.78 is 5.70. The van der Waals surface area contributed by atoms with Crippen LogP contribution < -0.4 is 15.0 Å². The molecule has 0 radical (unpaired) electrons. The van der Waals surface area contributed by atoms with E-state index < -0.39 is 0 Å². The van der Waals surface area contributed by atoms with Crippen LogP contribution in [0, 0.1) is 6.92 Å². The molecule has 2 aromatic carbocycles. The largest absolute Gasteiger partial charge is 0.493 e. The van der Waals surface area contributed by atoms with Gasteiger partial charge in [-0.1, -0.05) is 11.6 Å². The third kappa shape index (κ3) is 5.23. The first-order valence-electron chi connectivity index (χ1n) is 9.12. The molecule has 1 aliphatic heterocycles. The number of rotatable bonds is 7. The van der Waals surface area contributed by atoms with Gasteiger partial charge in [-0.2, -0.15) is 0 Å². The van der Waals surface area contributed by atoms with Gasteiger partial charge in [-0.05, 0) is 67.8 Å². The predicted octanol–water partition coefficient (Wildman–Crippen LogP) is 4.57. The molecule has 2 aromatic rings. The summed E-state index contributed by atoms with van der Waals surface area (Å²) in [7, 11) is 0. The van der Waals surface area contributed by atoms with Crippen molar-refractivity contribution in [1.82, 2.24) is 0 Å². The van der Waals surface area contributed by atoms with Gasteiger partial charge in [0.15, 0.2) is 0 Å². The summed E-state index contributed by atoms with van der Waals surface area (Å²) in [5, 5.41) is 3.55. The van der Waals surface area contributed by atoms with E-state index in [9.17, 15) is 9.59 Å². The molecule has 1 heterocycles. The fraction of sp³-hybridized carbons (Fsp3) is 0.333. The first-order chi connectivity index (χ1) is 13.0. The number of ether oxygens (including phenoxy) is 1. The highest BCUT2D eigenvalue weighted by molar-refractivity contribution is 6.30. The predicted molar refractivity (Wildman–Crippen MR) is 108 cm³/mol. The smallest absolute Gasteiger partial charge is 0.227 e. The molecule has 1 N–H and O–H groups in total. The molecule has 1 aliphatic rings. The second-order valence-corrected chi connectivity index (χ2v) is 7.04. The van der Waals surface area contributed by atoms with Gasteiger partial charge in [-0.3, -0.25) is 9.59 Å². The minimum atomic E-state index is -0.0589. The van der Waals surface area contributed by atoms with Crippen LogP contribution in [0.15, 0.2) is 42.5 Å². The van der Waals surface area contributed by atoms with Gasteiger partial charge < -0.3 is 15.0 Å². The average molecular weight is 387 g/mol. The highest BCUT2D eigenvalue weighted by atomic mass is 35.5. The molecule has 1 saturated heterocycles. The molecule has 0 spiro atoms. The Kier molecular flexibility index (Phi) is 6.35. The molecule has 0 unspecified atom stereocenters. The van der Waals surface area contributed by atoms with Crippen molar-refractivity contribution in [3.8, 4) is 5.75 Å². The number of carbonyl (C=O) groups is 2. The molecule has 0 aliphatic carbocycles. The lowest BCUT2D eigenvalue weighted by molar-refractivity contribution is -0.117. The molecular weight excluding hydrogens is 364 g/mol. The Hall–Kier alpha value is -2.53. The van der Waals surface area contributed by atoms with Crippen molar-refractivity contribution in [3.63, 3.8) is 0 Å². The molecule has 0 bridgehead atoms. The fourth-order valence-corrected chi connectivity index (χ4v) is 3.29. The molecule has 0 saturated carbocycles. The van der Waals surface area contributed by atoms with E-state index >= 15 is 0 Å². The maximum atomic E-state index is 12.1. The number of benzene rings is 2. The van der Waals surface area contributed by atoms with E-state index in [-0.39, 0.29) is 11.8 Å². The van der Waals surface area contributed by atoms with Crippen LogP contribution in [0.5, 0.6) is 5.75 Å². The SMILES string of the molecule is Cc1cc(Cl)ccc1OCCCC(=O)Nc1ccc(N2CCCC2=O)cc1. The lowest BCUT2D eigenvalue weighted by atomic mass is 10.2. The number of anilines is 2. The Labute approximate surface area is 164 Å². The Morgan fingerprint density at radius 3 is 2.67 bits per heavy atom. The molecule has 0 aromatic heterocycles. The molecule has 27 heavy (non-hydrogen) atoms. The monoisotopic (exact) mass is 386 g/mol. The van der Waals surface area contributed by atoms with Gasteiger partial charge in [-0.25, -0.2) is 0 Å². The maximum absolute atomic E-state index is 12.1. The van der Waals surface area contributed by atoms with Gasteiger partial charge in [0.2, 0.25) is 11.8 Å². The van der Waals surface area contributed by atoms with E-state index in [1.165, 1.54) is 0 Å². The minimum Gasteiger partial charge on any atom is -0.493 e. The topological polar surface area (TPSA) is 58.6 Å². The summed E-state index contributed by atoms with van der Waals surface area (Å²) in [6, 6.07) is 12.9. The zero-order valence-electron chi connectivity index (χ0n) is 15.3. The van der Waals surface area contributed by atoms with E-state index in [1.807, 2.05) is 43.3 Å². The Balaban J connectivity index is 1.42. The van der Waals surface area contributed by atoms with Crippen molar-refractivity contribution >= 4 is 34.8 Å². The molecule has 0 atom stereocenters. The number of nitrogens with one attached hydrogen (secondary N) is 1. The standard InChI is InChI=1S/C21H23ClN2O3/c1-15-14-16(22)6-11-19(15)27-13-3-4-20(25)23-17-7-9-18(10-8-17)24-12-2-5-21(24)26/h6-11,14H,2-5,12-13H2,1H3,(H,23,25). The Morgan fingerprint density at radius 2 is 2.00 bits per heavy atom. The number of hydrogen-bond donors (Lipinski definition) is 1. The van der Waals surface area contributed by atoms with Crippen molar-refractivity contribution < 1.29 is 14.3 Å². The highest BCUT2D eigenvalue weighted by Crippen LogP contribution is 2.24. The first kappa shape index (κ1) is 19.2. The maximum Gasteiger partial charge on any atom is 0.227 e. The van der Waals surface area contributed by atoms with Crippen LogP contribution in [-0.2, 0) is 9.59 Å². The van der Waals surface area contributed by atoms with Crippen LogP contribution in [0.2, 0.25) is 5.02 Å². The van der Waals surface area contributed by atoms with Crippen LogP contribution in [-0.4, -0.2) is 25.0 Å². The van der Waals surface area contributed by atoms with E-state index in [0.29, 0.717) is 30.9 Å². The van der Waals surface area contributed by atoms with Gasteiger partial charge in [0.25, 0.3) is 0 Å². The van der Waals surface area contributed by atoms with Gasteiger partial charge in [0, 0.05) is 35.8 Å². The number of nitrogens with zero attached hydrogens (tertiary/aromatic N) is 1. The molecular formula is C21H23ClN2O3. The molecule has 1 fully saturated rings. The number of amides is 2. The quantitative estimate of drug-likeness (QED) is 0.709. The summed E-state index contributed by atoms with van der Waals surface area (Å²) in [5.41, 5.74) is 2.58. The van der Waals surface area contributed by atoms with Crippen LogP contribution in [0.1, 0.15) is 31.2 Å². The molecule has 142 valence electrons. The summed E-state index contributed by atoms with van der Waals surface area (Å²) in [6.07, 6.45) is 2.50. The third-order valence-electron chi connectivity index (χ3n) is 4.48. The minimum absolute atomic E-state index is 0.0589. The van der Waals surface area contributed by atoms with Crippen LogP contribution in [0.4, 0.5) is 11.4 Å². The Bertz CT molecular complexity index is 821. The summed E-state index contributed by atoms with van der Waals surface area (Å²) >= 11 is 5.92. The van der Waals surface area contributed by atoms with Crippen molar-refractivity contribution in [1.29, 1.82) is 0 Å². The van der Waals surface area contributed by atoms with Gasteiger partial charge in [0.1, 0.15) is 5.75 Å². The zero-order valence-corrected chi connectivity index (χ0v) is 16.1. The summed E-state index contributed by atoms with van der Waals surface area (Å²) in [4.78, 5) is 25.6. The van der Waals surface area contributed by atoms with E-state index in [4.69, 9.17) is 16.3 Å². The van der Waals surface area contributed by atoms with Crippen molar-refractivity contribution in [3.05, 3.63) is 53.1 Å². The lowest BCUT2D eigenvalue weighted by Crippen LogP contribution is -2.23. The van der Waals surface area contributed by atoms with E-state index in [1.54, 1.807) is 11.0 Å². The average Bonchev–Trinajstić information content (AvgIpc) is 3.07. The van der Waals surface area contributed by atoms with Gasteiger partial charge in [-0.15, -0.1) is 0 Å². The fourth-order valence-electron chi connectivity index (χ4n) is 3.06. The zero-order chi connectivity index (χ0) is 19.2. The Morgan fingerprint density at radius 1 is 1.22 bits per heavy atom. The lowest BCUT2D eigenvalue weighted by Gasteiger charge is -2.16. The summed E-state index contributed by atoms with van der Waals surface area (Å²) in [5.74, 6) is 0.881. The molecule has 5 nitrogen and oxygen atoms in total. The van der Waals surface area contributed by atoms with Crippen LogP contribution in [0.25, 0.3) is 0 Å². The normalized spacial score (nSPS) is 13.7. The number of aryl methyl sites for hydroxylation is 1. The van der Waals surface area contributed by atoms with Crippen LogP contribution >= 0.6 is 11.6 Å². The highest BCUT2D eigenvalue weighted by Gasteiger charge is 2.21. The molecule has 6 heteroatoms. The van der Waals surface area contributed by atoms with Crippen LogP contribution in [0.3, 0.4) is 0 Å². The second kappa shape index (κ2) is 8.91. The number of hydrogen-bond acceptors (Lipinski definition) is 3. The molecule has 2 amide bonds. The molecule has 3 rings (SSSR count). The van der Waals surface area contributed by atoms with E-state index in [2.05, 4.69) is 5.32 Å². The number of halogens is 1.